The Morgan fingerprint density at radius 2 is 2.18 bits per heavy atom. The van der Waals surface area contributed by atoms with Crippen LogP contribution in [0.3, 0.4) is 0 Å². The van der Waals surface area contributed by atoms with Crippen molar-refractivity contribution in [1.82, 2.24) is 9.97 Å². The van der Waals surface area contributed by atoms with Gasteiger partial charge in [-0.3, -0.25) is 0 Å². The molecule has 0 saturated carbocycles. The van der Waals surface area contributed by atoms with Crippen molar-refractivity contribution in [3.63, 3.8) is 0 Å². The van der Waals surface area contributed by atoms with E-state index in [0.29, 0.717) is 24.9 Å². The molecule has 17 heavy (non-hydrogen) atoms. The third-order valence-corrected chi connectivity index (χ3v) is 2.59. The van der Waals surface area contributed by atoms with Crippen LogP contribution < -0.4 is 10.1 Å². The molecule has 5 heteroatoms. The standard InChI is InChI=1S/C12H20ClN3O/c1-4-6-10(13)8-14-11-7-12(17-5-2)16-9(3)15-11/h7,10H,4-6,8H2,1-3H3,(H,14,15,16). The Labute approximate surface area is 108 Å². The maximum atomic E-state index is 6.13. The van der Waals surface area contributed by atoms with Crippen LogP contribution in [0.4, 0.5) is 5.82 Å². The van der Waals surface area contributed by atoms with Gasteiger partial charge in [0, 0.05) is 12.6 Å². The molecule has 1 unspecified atom stereocenters. The number of alkyl halides is 1. The van der Waals surface area contributed by atoms with E-state index in [-0.39, 0.29) is 5.38 Å². The number of anilines is 1. The number of hydrogen-bond acceptors (Lipinski definition) is 4. The number of nitrogens with one attached hydrogen (secondary N) is 1. The summed E-state index contributed by atoms with van der Waals surface area (Å²) in [6, 6.07) is 1.80. The molecule has 1 rings (SSSR count). The molecule has 0 aliphatic carbocycles. The molecule has 1 N–H and O–H groups in total. The fourth-order valence-electron chi connectivity index (χ4n) is 1.48. The number of rotatable bonds is 7. The minimum atomic E-state index is 0.130. The molecule has 1 heterocycles. The van der Waals surface area contributed by atoms with E-state index in [9.17, 15) is 0 Å². The summed E-state index contributed by atoms with van der Waals surface area (Å²) < 4.78 is 5.36. The van der Waals surface area contributed by atoms with Crippen LogP contribution in [0.1, 0.15) is 32.5 Å². The highest BCUT2D eigenvalue weighted by Crippen LogP contribution is 2.14. The number of aryl methyl sites for hydroxylation is 1. The first-order valence-electron chi connectivity index (χ1n) is 6.02. The van der Waals surface area contributed by atoms with E-state index in [4.69, 9.17) is 16.3 Å². The average Bonchev–Trinajstić information content (AvgIpc) is 2.26. The van der Waals surface area contributed by atoms with Crippen LogP contribution in [-0.4, -0.2) is 28.5 Å². The summed E-state index contributed by atoms with van der Waals surface area (Å²) in [7, 11) is 0. The minimum absolute atomic E-state index is 0.130. The van der Waals surface area contributed by atoms with Crippen molar-refractivity contribution in [3.8, 4) is 5.88 Å². The second-order valence-corrected chi connectivity index (χ2v) is 4.46. The molecule has 1 aromatic heterocycles. The van der Waals surface area contributed by atoms with Gasteiger partial charge in [0.05, 0.1) is 12.0 Å². The Kier molecular flexibility index (Phi) is 6.05. The van der Waals surface area contributed by atoms with E-state index in [2.05, 4.69) is 22.2 Å². The molecular weight excluding hydrogens is 238 g/mol. The van der Waals surface area contributed by atoms with Gasteiger partial charge in [-0.2, -0.15) is 4.98 Å². The van der Waals surface area contributed by atoms with E-state index < -0.39 is 0 Å². The van der Waals surface area contributed by atoms with Crippen LogP contribution in [0.5, 0.6) is 5.88 Å². The Morgan fingerprint density at radius 3 is 2.82 bits per heavy atom. The van der Waals surface area contributed by atoms with Gasteiger partial charge in [0.1, 0.15) is 11.6 Å². The molecule has 1 aromatic rings. The SMILES string of the molecule is CCCC(Cl)CNc1cc(OCC)nc(C)n1. The molecule has 0 spiro atoms. The molecule has 4 nitrogen and oxygen atoms in total. The molecule has 0 bridgehead atoms. The number of hydrogen-bond donors (Lipinski definition) is 1. The first kappa shape index (κ1) is 14.0. The maximum Gasteiger partial charge on any atom is 0.218 e. The van der Waals surface area contributed by atoms with Gasteiger partial charge in [-0.1, -0.05) is 13.3 Å². The Hall–Kier alpha value is -1.03. The van der Waals surface area contributed by atoms with E-state index in [1.807, 2.05) is 13.8 Å². The van der Waals surface area contributed by atoms with Crippen molar-refractivity contribution in [2.24, 2.45) is 0 Å². The molecule has 96 valence electrons. The van der Waals surface area contributed by atoms with Gasteiger partial charge in [0.2, 0.25) is 5.88 Å². The number of nitrogens with zero attached hydrogens (tertiary/aromatic N) is 2. The summed E-state index contributed by atoms with van der Waals surface area (Å²) in [4.78, 5) is 8.47. The fourth-order valence-corrected chi connectivity index (χ4v) is 1.78. The van der Waals surface area contributed by atoms with Crippen molar-refractivity contribution in [2.75, 3.05) is 18.5 Å². The molecule has 0 amide bonds. The molecule has 0 saturated heterocycles. The van der Waals surface area contributed by atoms with E-state index >= 15 is 0 Å². The fraction of sp³-hybridized carbons (Fsp3) is 0.667. The first-order chi connectivity index (χ1) is 8.15. The van der Waals surface area contributed by atoms with Gasteiger partial charge in [-0.05, 0) is 20.3 Å². The predicted octanol–water partition coefficient (Wildman–Crippen LogP) is 3.00. The maximum absolute atomic E-state index is 6.13. The zero-order valence-corrected chi connectivity index (χ0v) is 11.4. The lowest BCUT2D eigenvalue weighted by Crippen LogP contribution is -2.15. The topological polar surface area (TPSA) is 47.0 Å². The average molecular weight is 258 g/mol. The number of aromatic nitrogens is 2. The van der Waals surface area contributed by atoms with Crippen LogP contribution in [0.2, 0.25) is 0 Å². The normalized spacial score (nSPS) is 12.2. The largest absolute Gasteiger partial charge is 0.478 e. The molecule has 0 aromatic carbocycles. The summed E-state index contributed by atoms with van der Waals surface area (Å²) in [6.07, 6.45) is 2.08. The number of ether oxygens (including phenoxy) is 1. The highest BCUT2D eigenvalue weighted by molar-refractivity contribution is 6.20. The zero-order valence-electron chi connectivity index (χ0n) is 10.7. The molecule has 0 aliphatic rings. The van der Waals surface area contributed by atoms with Crippen LogP contribution in [0.25, 0.3) is 0 Å². The summed E-state index contributed by atoms with van der Waals surface area (Å²) in [5.41, 5.74) is 0. The monoisotopic (exact) mass is 257 g/mol. The van der Waals surface area contributed by atoms with Gasteiger partial charge in [0.25, 0.3) is 0 Å². The molecule has 0 fully saturated rings. The Bertz CT molecular complexity index is 347. The quantitative estimate of drug-likeness (QED) is 0.763. The highest BCUT2D eigenvalue weighted by Gasteiger charge is 2.05. The first-order valence-corrected chi connectivity index (χ1v) is 6.45. The highest BCUT2D eigenvalue weighted by atomic mass is 35.5. The van der Waals surface area contributed by atoms with Gasteiger partial charge in [0.15, 0.2) is 0 Å². The van der Waals surface area contributed by atoms with Crippen LogP contribution in [-0.2, 0) is 0 Å². The van der Waals surface area contributed by atoms with Crippen LogP contribution >= 0.6 is 11.6 Å². The second-order valence-electron chi connectivity index (χ2n) is 3.84. The minimum Gasteiger partial charge on any atom is -0.478 e. The summed E-state index contributed by atoms with van der Waals surface area (Å²) in [5, 5.41) is 3.34. The third-order valence-electron chi connectivity index (χ3n) is 2.21. The lowest BCUT2D eigenvalue weighted by molar-refractivity contribution is 0.325. The molecular formula is C12H20ClN3O. The smallest absolute Gasteiger partial charge is 0.218 e. The van der Waals surface area contributed by atoms with E-state index in [1.54, 1.807) is 6.07 Å². The van der Waals surface area contributed by atoms with Gasteiger partial charge < -0.3 is 10.1 Å². The third kappa shape index (κ3) is 5.22. The van der Waals surface area contributed by atoms with E-state index in [1.165, 1.54) is 0 Å². The van der Waals surface area contributed by atoms with Crippen molar-refractivity contribution in [3.05, 3.63) is 11.9 Å². The van der Waals surface area contributed by atoms with Gasteiger partial charge >= 0.3 is 0 Å². The Balaban J connectivity index is 2.57. The number of halogens is 1. The summed E-state index contributed by atoms with van der Waals surface area (Å²) in [6.45, 7) is 7.21. The van der Waals surface area contributed by atoms with Gasteiger partial charge in [-0.15, -0.1) is 11.6 Å². The van der Waals surface area contributed by atoms with Crippen LogP contribution in [0, 0.1) is 6.92 Å². The van der Waals surface area contributed by atoms with Crippen molar-refractivity contribution in [1.29, 1.82) is 0 Å². The lowest BCUT2D eigenvalue weighted by atomic mass is 10.2. The summed E-state index contributed by atoms with van der Waals surface area (Å²) >= 11 is 6.13. The van der Waals surface area contributed by atoms with Gasteiger partial charge in [-0.25, -0.2) is 4.98 Å². The molecule has 0 radical (unpaired) electrons. The zero-order chi connectivity index (χ0) is 12.7. The lowest BCUT2D eigenvalue weighted by Gasteiger charge is -2.11. The molecule has 0 aliphatic heterocycles. The Morgan fingerprint density at radius 1 is 1.41 bits per heavy atom. The summed E-state index contributed by atoms with van der Waals surface area (Å²) in [5.74, 6) is 2.06. The van der Waals surface area contributed by atoms with Crippen molar-refractivity contribution < 1.29 is 4.74 Å². The predicted molar refractivity (Wildman–Crippen MR) is 71.0 cm³/mol. The van der Waals surface area contributed by atoms with E-state index in [0.717, 1.165) is 18.7 Å². The van der Waals surface area contributed by atoms with Crippen LogP contribution in [0.15, 0.2) is 6.07 Å². The van der Waals surface area contributed by atoms with Crippen molar-refractivity contribution >= 4 is 17.4 Å². The molecule has 1 atom stereocenters. The second kappa shape index (κ2) is 7.33. The van der Waals surface area contributed by atoms with Crippen molar-refractivity contribution in [2.45, 2.75) is 39.0 Å².